The van der Waals surface area contributed by atoms with Crippen LogP contribution in [0.3, 0.4) is 0 Å². The van der Waals surface area contributed by atoms with Crippen LogP contribution in [0.25, 0.3) is 10.9 Å². The van der Waals surface area contributed by atoms with Crippen molar-refractivity contribution in [2.45, 2.75) is 26.2 Å². The van der Waals surface area contributed by atoms with Crippen LogP contribution in [0.5, 0.6) is 17.2 Å². The highest BCUT2D eigenvalue weighted by molar-refractivity contribution is 5.84. The zero-order valence-corrected chi connectivity index (χ0v) is 18.9. The van der Waals surface area contributed by atoms with Gasteiger partial charge in [-0.25, -0.2) is 0 Å². The third kappa shape index (κ3) is 4.65. The van der Waals surface area contributed by atoms with Crippen LogP contribution in [-0.4, -0.2) is 62.4 Å². The van der Waals surface area contributed by atoms with E-state index in [0.29, 0.717) is 19.8 Å². The van der Waals surface area contributed by atoms with Gasteiger partial charge >= 0.3 is 0 Å². The number of aryl methyl sites for hydroxylation is 1. The topological polar surface area (TPSA) is 50.0 Å². The lowest BCUT2D eigenvalue weighted by molar-refractivity contribution is 0.171. The SMILES string of the molecule is CCOc1ccc2[nH]cc(CCCCN3CCN(c4ccc5c(c4)OCCO5)CC3)c2c1. The molecule has 0 bridgehead atoms. The van der Waals surface area contributed by atoms with Crippen molar-refractivity contribution >= 4 is 16.6 Å². The van der Waals surface area contributed by atoms with E-state index in [-0.39, 0.29) is 0 Å². The van der Waals surface area contributed by atoms with Gasteiger partial charge in [-0.2, -0.15) is 0 Å². The minimum absolute atomic E-state index is 0.635. The Bertz CT molecular complexity index is 1040. The molecular weight excluding hydrogens is 402 g/mol. The van der Waals surface area contributed by atoms with Crippen LogP contribution in [0.2, 0.25) is 0 Å². The van der Waals surface area contributed by atoms with E-state index in [0.717, 1.165) is 49.8 Å². The molecular formula is C26H33N3O3. The van der Waals surface area contributed by atoms with Gasteiger partial charge in [0.15, 0.2) is 11.5 Å². The fourth-order valence-electron chi connectivity index (χ4n) is 4.73. The number of ether oxygens (including phenoxy) is 3. The second kappa shape index (κ2) is 9.74. The molecule has 3 aromatic rings. The number of hydrogen-bond acceptors (Lipinski definition) is 5. The summed E-state index contributed by atoms with van der Waals surface area (Å²) in [5.41, 5.74) is 3.82. The van der Waals surface area contributed by atoms with E-state index in [1.54, 1.807) is 0 Å². The molecule has 6 heteroatoms. The molecule has 2 aromatic carbocycles. The lowest BCUT2D eigenvalue weighted by Gasteiger charge is -2.36. The van der Waals surface area contributed by atoms with Gasteiger partial charge in [0.25, 0.3) is 0 Å². The number of benzene rings is 2. The number of rotatable bonds is 8. The maximum absolute atomic E-state index is 5.75. The Balaban J connectivity index is 1.08. The molecule has 5 rings (SSSR count). The van der Waals surface area contributed by atoms with Crippen LogP contribution in [0.1, 0.15) is 25.3 Å². The molecule has 2 aliphatic rings. The maximum atomic E-state index is 5.75. The fraction of sp³-hybridized carbons (Fsp3) is 0.462. The van der Waals surface area contributed by atoms with Crippen LogP contribution in [0.15, 0.2) is 42.6 Å². The molecule has 6 nitrogen and oxygen atoms in total. The minimum atomic E-state index is 0.635. The van der Waals surface area contributed by atoms with Crippen molar-refractivity contribution < 1.29 is 14.2 Å². The smallest absolute Gasteiger partial charge is 0.163 e. The number of piperazine rings is 1. The summed E-state index contributed by atoms with van der Waals surface area (Å²) in [5.74, 6) is 2.70. The van der Waals surface area contributed by atoms with Gasteiger partial charge in [0.2, 0.25) is 0 Å². The van der Waals surface area contributed by atoms with Crippen molar-refractivity contribution in [3.05, 3.63) is 48.2 Å². The maximum Gasteiger partial charge on any atom is 0.163 e. The highest BCUT2D eigenvalue weighted by Gasteiger charge is 2.19. The summed E-state index contributed by atoms with van der Waals surface area (Å²) < 4.78 is 17.1. The fourth-order valence-corrected chi connectivity index (χ4v) is 4.73. The molecule has 0 amide bonds. The Morgan fingerprint density at radius 1 is 0.938 bits per heavy atom. The van der Waals surface area contributed by atoms with Crippen LogP contribution in [-0.2, 0) is 6.42 Å². The van der Waals surface area contributed by atoms with E-state index in [2.05, 4.69) is 45.2 Å². The second-order valence-electron chi connectivity index (χ2n) is 8.57. The largest absolute Gasteiger partial charge is 0.494 e. The summed E-state index contributed by atoms with van der Waals surface area (Å²) in [6.07, 6.45) is 5.69. The van der Waals surface area contributed by atoms with Crippen LogP contribution < -0.4 is 19.1 Å². The molecule has 0 aliphatic carbocycles. The van der Waals surface area contributed by atoms with Crippen LogP contribution in [0, 0.1) is 0 Å². The molecule has 32 heavy (non-hydrogen) atoms. The average molecular weight is 436 g/mol. The van der Waals surface area contributed by atoms with Crippen molar-refractivity contribution in [3.8, 4) is 17.2 Å². The Hall–Kier alpha value is -2.86. The first-order valence-corrected chi connectivity index (χ1v) is 11.9. The number of unbranched alkanes of at least 4 members (excludes halogenated alkanes) is 1. The average Bonchev–Trinajstić information content (AvgIpc) is 3.24. The molecule has 0 spiro atoms. The zero-order chi connectivity index (χ0) is 21.8. The predicted octanol–water partition coefficient (Wildman–Crippen LogP) is 4.48. The molecule has 1 N–H and O–H groups in total. The van der Waals surface area contributed by atoms with Crippen molar-refractivity contribution in [2.24, 2.45) is 0 Å². The summed E-state index contributed by atoms with van der Waals surface area (Å²) in [7, 11) is 0. The highest BCUT2D eigenvalue weighted by Crippen LogP contribution is 2.34. The molecule has 0 atom stereocenters. The molecule has 1 aromatic heterocycles. The van der Waals surface area contributed by atoms with E-state index < -0.39 is 0 Å². The summed E-state index contributed by atoms with van der Waals surface area (Å²) in [6.45, 7) is 9.51. The third-order valence-corrected chi connectivity index (χ3v) is 6.48. The highest BCUT2D eigenvalue weighted by atomic mass is 16.6. The Kier molecular flexibility index (Phi) is 6.39. The molecule has 1 saturated heterocycles. The van der Waals surface area contributed by atoms with E-state index in [4.69, 9.17) is 14.2 Å². The molecule has 170 valence electrons. The van der Waals surface area contributed by atoms with Gasteiger partial charge in [-0.15, -0.1) is 0 Å². The molecule has 3 heterocycles. The van der Waals surface area contributed by atoms with E-state index >= 15 is 0 Å². The van der Waals surface area contributed by atoms with Gasteiger partial charge in [-0.05, 0) is 68.6 Å². The monoisotopic (exact) mass is 435 g/mol. The van der Waals surface area contributed by atoms with Gasteiger partial charge in [0.05, 0.1) is 6.61 Å². The number of nitrogens with one attached hydrogen (secondary N) is 1. The first-order chi connectivity index (χ1) is 15.8. The number of fused-ring (bicyclic) bond motifs is 2. The van der Waals surface area contributed by atoms with Gasteiger partial charge < -0.3 is 24.1 Å². The lowest BCUT2D eigenvalue weighted by Crippen LogP contribution is -2.46. The standard InChI is InChI=1S/C26H33N3O3/c1-2-30-22-7-8-24-23(18-22)20(19-27-24)5-3-4-10-28-11-13-29(14-12-28)21-6-9-25-26(17-21)32-16-15-31-25/h6-9,17-19,27H,2-5,10-16H2,1H3. The van der Waals surface area contributed by atoms with Crippen molar-refractivity contribution in [2.75, 3.05) is 57.4 Å². The third-order valence-electron chi connectivity index (χ3n) is 6.48. The Morgan fingerprint density at radius 2 is 1.78 bits per heavy atom. The zero-order valence-electron chi connectivity index (χ0n) is 18.9. The number of nitrogens with zero attached hydrogens (tertiary/aromatic N) is 2. The summed E-state index contributed by atoms with van der Waals surface area (Å²) in [4.78, 5) is 8.45. The normalized spacial score (nSPS) is 16.5. The van der Waals surface area contributed by atoms with Crippen molar-refractivity contribution in [3.63, 3.8) is 0 Å². The number of anilines is 1. The van der Waals surface area contributed by atoms with E-state index in [9.17, 15) is 0 Å². The Morgan fingerprint density at radius 3 is 2.62 bits per heavy atom. The molecule has 0 saturated carbocycles. The number of aromatic amines is 1. The number of aromatic nitrogens is 1. The summed E-state index contributed by atoms with van der Waals surface area (Å²) in [6, 6.07) is 12.6. The van der Waals surface area contributed by atoms with Gasteiger partial charge in [-0.1, -0.05) is 0 Å². The lowest BCUT2D eigenvalue weighted by atomic mass is 10.1. The molecule has 0 unspecified atom stereocenters. The van der Waals surface area contributed by atoms with E-state index in [1.807, 2.05) is 19.1 Å². The first-order valence-electron chi connectivity index (χ1n) is 11.9. The molecule has 2 aliphatic heterocycles. The van der Waals surface area contributed by atoms with Crippen LogP contribution in [0.4, 0.5) is 5.69 Å². The molecule has 0 radical (unpaired) electrons. The second-order valence-corrected chi connectivity index (χ2v) is 8.57. The summed E-state index contributed by atoms with van der Waals surface area (Å²) in [5, 5.41) is 1.30. The predicted molar refractivity (Wildman–Crippen MR) is 128 cm³/mol. The number of hydrogen-bond donors (Lipinski definition) is 1. The van der Waals surface area contributed by atoms with Gasteiger partial charge in [0.1, 0.15) is 19.0 Å². The first kappa shape index (κ1) is 21.0. The van der Waals surface area contributed by atoms with Gasteiger partial charge in [-0.3, -0.25) is 4.90 Å². The Labute approximate surface area is 190 Å². The van der Waals surface area contributed by atoms with Gasteiger partial charge in [0, 0.05) is 55.0 Å². The summed E-state index contributed by atoms with van der Waals surface area (Å²) >= 11 is 0. The number of H-pyrrole nitrogens is 1. The molecule has 1 fully saturated rings. The van der Waals surface area contributed by atoms with Crippen molar-refractivity contribution in [1.29, 1.82) is 0 Å². The quantitative estimate of drug-likeness (QED) is 0.529. The van der Waals surface area contributed by atoms with Crippen LogP contribution >= 0.6 is 0 Å². The van der Waals surface area contributed by atoms with E-state index in [1.165, 1.54) is 41.5 Å². The minimum Gasteiger partial charge on any atom is -0.494 e. The van der Waals surface area contributed by atoms with Crippen molar-refractivity contribution in [1.82, 2.24) is 9.88 Å².